The lowest BCUT2D eigenvalue weighted by Gasteiger charge is -2.42. The average molecular weight is 1360 g/mol. The van der Waals surface area contributed by atoms with Crippen LogP contribution in [-0.4, -0.2) is 266 Å². The van der Waals surface area contributed by atoms with E-state index in [9.17, 15) is 107 Å². The first-order valence-corrected chi connectivity index (χ1v) is 34.2. The van der Waals surface area contributed by atoms with E-state index in [-0.39, 0.29) is 101 Å². The highest BCUT2D eigenvalue weighted by atomic mass is 16.6. The van der Waals surface area contributed by atoms with Crippen molar-refractivity contribution in [1.29, 1.82) is 0 Å². The number of aliphatic hydroxyl groups is 21. The number of carbonyl (C=O) groups excluding carboxylic acids is 1. The number of allylic oxidation sites excluding steroid dienone is 11. The zero-order valence-corrected chi connectivity index (χ0v) is 56.1. The average Bonchev–Trinajstić information content (AvgIpc) is 0.840. The standard InChI is InChI=1S/C71H122O24/c1-6-7-8-9-10-11-12-13-14-15-16-17-18-19-27-54(80)65(89)70-68(92)60(86)41-62(95-70)69(93)64(88)45(4)30-33-53(79)61-40-59(85)67(91)71(94-61)66(90)57(83)35-44(3)29-32-50(76)39-58(84)63(87)46(5)36-56(82)55(81)34-43(2)28-31-49(75)38-52(78)37-48(74)26-22-25-47(73)23-20-21-24-51(77)42-72/h6-8,11-16,19,27,35,43,46-51,53-77,79-93H,1,4,9-10,17-18,20-26,28-34,36-42H2,2-3,5H3/b8-7+,12-11+,14-13+,16-15+,27-19+,44-35+. The number of aliphatic hydroxyl groups excluding tert-OH is 21. The molecular weight excluding hydrogens is 1240 g/mol. The Bertz CT molecular complexity index is 2260. The fourth-order valence-corrected chi connectivity index (χ4v) is 11.8. The van der Waals surface area contributed by atoms with E-state index >= 15 is 0 Å². The van der Waals surface area contributed by atoms with Gasteiger partial charge in [-0.15, -0.1) is 0 Å². The van der Waals surface area contributed by atoms with Gasteiger partial charge in [-0.1, -0.05) is 118 Å². The fourth-order valence-electron chi connectivity index (χ4n) is 11.8. The van der Waals surface area contributed by atoms with Gasteiger partial charge in [-0.2, -0.15) is 0 Å². The van der Waals surface area contributed by atoms with Gasteiger partial charge in [0.2, 0.25) is 0 Å². The van der Waals surface area contributed by atoms with Crippen molar-refractivity contribution in [2.24, 2.45) is 11.8 Å². The lowest BCUT2D eigenvalue weighted by molar-refractivity contribution is -0.234. The first kappa shape index (κ1) is 87.8. The van der Waals surface area contributed by atoms with Crippen molar-refractivity contribution in [2.75, 3.05) is 6.61 Å². The molecule has 2 rings (SSSR count). The van der Waals surface area contributed by atoms with Gasteiger partial charge in [0.05, 0.1) is 92.1 Å². The molecule has 0 aromatic carbocycles. The second kappa shape index (κ2) is 48.4. The molecule has 0 bridgehead atoms. The van der Waals surface area contributed by atoms with Crippen molar-refractivity contribution in [3.63, 3.8) is 0 Å². The molecule has 0 aliphatic carbocycles. The van der Waals surface area contributed by atoms with Crippen LogP contribution in [0, 0.1) is 11.8 Å². The molecule has 0 amide bonds. The normalized spacial score (nSPS) is 26.8. The van der Waals surface area contributed by atoms with E-state index in [4.69, 9.17) is 14.6 Å². The summed E-state index contributed by atoms with van der Waals surface area (Å²) in [5, 5.41) is 224. The van der Waals surface area contributed by atoms with Gasteiger partial charge in [0.15, 0.2) is 0 Å². The number of Topliss-reactive ketones (excluding diaryl/α,β-unsaturated/α-hetero) is 1. The smallest absolute Gasteiger partial charge is 0.138 e. The van der Waals surface area contributed by atoms with Crippen LogP contribution in [0.2, 0.25) is 0 Å². The zero-order chi connectivity index (χ0) is 71.3. The SMILES string of the molecule is C=C/C=C/CC/C=C/C=C/C=C/CC/C=C/C(O)C(O)C1OC(C(O)C(O)C(=C)CCC(O)C2CC(O)C(O)C(C(O)C(O)/C=C(\C)CCC(O)CC(O)C(O)C(C)CC(O)C(O)CC(C)CCC(O)CC(=O)CC(O)CCCC(O)CCCCC(O)CO)O2)CC(O)C1O. The van der Waals surface area contributed by atoms with Gasteiger partial charge < -0.3 is 117 Å². The Balaban J connectivity index is 1.80. The minimum Gasteiger partial charge on any atom is -0.394 e. The highest BCUT2D eigenvalue weighted by Gasteiger charge is 2.47. The molecular formula is C71H122O24. The third-order valence-electron chi connectivity index (χ3n) is 18.0. The van der Waals surface area contributed by atoms with Crippen LogP contribution in [0.3, 0.4) is 0 Å². The zero-order valence-electron chi connectivity index (χ0n) is 56.1. The van der Waals surface area contributed by atoms with Crippen molar-refractivity contribution in [3.8, 4) is 0 Å². The van der Waals surface area contributed by atoms with Crippen LogP contribution in [0.4, 0.5) is 0 Å². The molecule has 2 aliphatic heterocycles. The predicted molar refractivity (Wildman–Crippen MR) is 357 cm³/mol. The molecule has 21 N–H and O–H groups in total. The van der Waals surface area contributed by atoms with Crippen LogP contribution < -0.4 is 0 Å². The van der Waals surface area contributed by atoms with Crippen LogP contribution in [-0.2, 0) is 14.3 Å². The lowest BCUT2D eigenvalue weighted by atomic mass is 9.86. The van der Waals surface area contributed by atoms with Crippen LogP contribution in [0.5, 0.6) is 0 Å². The number of ketones is 1. The van der Waals surface area contributed by atoms with Crippen molar-refractivity contribution >= 4 is 5.78 Å². The summed E-state index contributed by atoms with van der Waals surface area (Å²) in [5.74, 6) is -1.23. The molecule has 24 nitrogen and oxygen atoms in total. The largest absolute Gasteiger partial charge is 0.394 e. The summed E-state index contributed by atoms with van der Waals surface area (Å²) < 4.78 is 11.6. The van der Waals surface area contributed by atoms with E-state index < -0.39 is 152 Å². The number of hydrogen-bond donors (Lipinski definition) is 21. The molecule has 26 atom stereocenters. The van der Waals surface area contributed by atoms with Gasteiger partial charge in [-0.05, 0) is 133 Å². The maximum absolute atomic E-state index is 12.5. The van der Waals surface area contributed by atoms with E-state index in [1.807, 2.05) is 55.5 Å². The van der Waals surface area contributed by atoms with Gasteiger partial charge in [-0.3, -0.25) is 4.79 Å². The molecule has 24 heteroatoms. The van der Waals surface area contributed by atoms with E-state index in [1.165, 1.54) is 12.2 Å². The minimum atomic E-state index is -1.84. The number of ether oxygens (including phenoxy) is 2. The molecule has 550 valence electrons. The second-order valence-corrected chi connectivity index (χ2v) is 26.7. The minimum absolute atomic E-state index is 0.00134. The topological polar surface area (TPSA) is 460 Å². The lowest BCUT2D eigenvalue weighted by Crippen LogP contribution is -2.59. The molecule has 0 aromatic rings. The van der Waals surface area contributed by atoms with Crippen molar-refractivity contribution in [1.82, 2.24) is 0 Å². The van der Waals surface area contributed by atoms with E-state index in [2.05, 4.69) is 13.2 Å². The highest BCUT2D eigenvalue weighted by molar-refractivity contribution is 5.79. The summed E-state index contributed by atoms with van der Waals surface area (Å²) in [6, 6.07) is 0. The maximum atomic E-state index is 12.5. The number of unbranched alkanes of at least 4 members (excludes halogenated alkanes) is 3. The Morgan fingerprint density at radius 3 is 1.61 bits per heavy atom. The maximum Gasteiger partial charge on any atom is 0.138 e. The molecule has 0 saturated carbocycles. The quantitative estimate of drug-likeness (QED) is 0.0232. The fraction of sp³-hybridized carbons (Fsp3) is 0.761. The third kappa shape index (κ3) is 35.0. The number of rotatable bonds is 51. The number of carbonyl (C=O) groups is 1. The Labute approximate surface area is 562 Å². The highest BCUT2D eigenvalue weighted by Crippen LogP contribution is 2.32. The Kier molecular flexibility index (Phi) is 44.8. The monoisotopic (exact) mass is 1360 g/mol. The van der Waals surface area contributed by atoms with E-state index in [0.29, 0.717) is 69.8 Å². The van der Waals surface area contributed by atoms with Gasteiger partial charge in [0, 0.05) is 32.1 Å². The van der Waals surface area contributed by atoms with Crippen LogP contribution in [0.25, 0.3) is 0 Å². The Morgan fingerprint density at radius 1 is 0.516 bits per heavy atom. The third-order valence-corrected chi connectivity index (χ3v) is 18.0. The van der Waals surface area contributed by atoms with E-state index in [0.717, 1.165) is 12.8 Å². The first-order valence-electron chi connectivity index (χ1n) is 34.2. The van der Waals surface area contributed by atoms with Crippen molar-refractivity contribution in [2.45, 2.75) is 321 Å². The molecule has 0 spiro atoms. The molecule has 0 aromatic heterocycles. The summed E-state index contributed by atoms with van der Waals surface area (Å²) in [6.45, 7) is 12.1. The van der Waals surface area contributed by atoms with Gasteiger partial charge in [0.25, 0.3) is 0 Å². The van der Waals surface area contributed by atoms with E-state index in [1.54, 1.807) is 26.0 Å². The Hall–Kier alpha value is -3.33. The summed E-state index contributed by atoms with van der Waals surface area (Å²) in [6.07, 6.45) is -6.28. The molecule has 2 fully saturated rings. The molecule has 2 saturated heterocycles. The van der Waals surface area contributed by atoms with Gasteiger partial charge >= 0.3 is 0 Å². The van der Waals surface area contributed by atoms with Gasteiger partial charge in [0.1, 0.15) is 66.8 Å². The van der Waals surface area contributed by atoms with Crippen LogP contribution in [0.1, 0.15) is 175 Å². The van der Waals surface area contributed by atoms with Crippen LogP contribution in [0.15, 0.2) is 97.2 Å². The van der Waals surface area contributed by atoms with Gasteiger partial charge in [-0.25, -0.2) is 0 Å². The van der Waals surface area contributed by atoms with Crippen molar-refractivity contribution in [3.05, 3.63) is 97.2 Å². The molecule has 26 unspecified atom stereocenters. The predicted octanol–water partition coefficient (Wildman–Crippen LogP) is 1.40. The molecule has 95 heavy (non-hydrogen) atoms. The molecule has 2 heterocycles. The van der Waals surface area contributed by atoms with Crippen LogP contribution >= 0.6 is 0 Å². The van der Waals surface area contributed by atoms with Crippen molar-refractivity contribution < 1.29 is 122 Å². The summed E-state index contributed by atoms with van der Waals surface area (Å²) in [5.41, 5.74) is 0.458. The first-order chi connectivity index (χ1) is 44.9. The molecule has 0 radical (unpaired) electrons. The number of hydrogen-bond acceptors (Lipinski definition) is 24. The molecule has 2 aliphatic rings. The summed E-state index contributed by atoms with van der Waals surface area (Å²) in [7, 11) is 0. The summed E-state index contributed by atoms with van der Waals surface area (Å²) in [4.78, 5) is 12.5. The Morgan fingerprint density at radius 2 is 1.02 bits per heavy atom. The second-order valence-electron chi connectivity index (χ2n) is 26.7. The summed E-state index contributed by atoms with van der Waals surface area (Å²) >= 11 is 0.